The number of carbonyl (C=O) groups is 2. The largest absolute Gasteiger partial charge is 0.352 e. The van der Waals surface area contributed by atoms with Crippen LogP contribution in [0.3, 0.4) is 0 Å². The minimum Gasteiger partial charge on any atom is -0.352 e. The van der Waals surface area contributed by atoms with Gasteiger partial charge in [0.15, 0.2) is 0 Å². The molecule has 3 N–H and O–H groups in total. The van der Waals surface area contributed by atoms with Gasteiger partial charge in [0.25, 0.3) is 5.91 Å². The summed E-state index contributed by atoms with van der Waals surface area (Å²) in [6.45, 7) is 2.74. The molecular weight excluding hydrogens is 354 g/mol. The van der Waals surface area contributed by atoms with Crippen LogP contribution in [0.4, 0.5) is 5.00 Å². The molecule has 3 rings (SSSR count). The highest BCUT2D eigenvalue weighted by Gasteiger charge is 2.30. The van der Waals surface area contributed by atoms with Crippen LogP contribution in [0.15, 0.2) is 0 Å². The quantitative estimate of drug-likeness (QED) is 0.604. The molecule has 1 atom stereocenters. The van der Waals surface area contributed by atoms with Crippen molar-refractivity contribution in [3.63, 3.8) is 0 Å². The fourth-order valence-corrected chi connectivity index (χ4v) is 5.04. The van der Waals surface area contributed by atoms with Gasteiger partial charge in [0.2, 0.25) is 5.91 Å². The minimum atomic E-state index is -0.0269. The van der Waals surface area contributed by atoms with E-state index in [1.807, 2.05) is 13.2 Å². The SMILES string of the molecule is CCCC(=O)Nc1sc2c(c1C(=O)NCC1CC1)CC(NSC)CC2. The van der Waals surface area contributed by atoms with Crippen LogP contribution >= 0.6 is 23.3 Å². The monoisotopic (exact) mass is 381 g/mol. The Morgan fingerprint density at radius 2 is 2.08 bits per heavy atom. The molecule has 1 unspecified atom stereocenters. The van der Waals surface area contributed by atoms with Crippen LogP contribution in [0.25, 0.3) is 0 Å². The summed E-state index contributed by atoms with van der Waals surface area (Å²) in [7, 11) is 0. The van der Waals surface area contributed by atoms with Crippen molar-refractivity contribution in [2.75, 3.05) is 18.1 Å². The van der Waals surface area contributed by atoms with Crippen molar-refractivity contribution in [1.29, 1.82) is 0 Å². The fraction of sp³-hybridized carbons (Fsp3) is 0.667. The lowest BCUT2D eigenvalue weighted by atomic mass is 9.91. The summed E-state index contributed by atoms with van der Waals surface area (Å²) in [5, 5.41) is 6.81. The van der Waals surface area contributed by atoms with E-state index in [9.17, 15) is 9.59 Å². The van der Waals surface area contributed by atoms with E-state index in [4.69, 9.17) is 0 Å². The molecule has 2 aliphatic carbocycles. The molecule has 7 heteroatoms. The van der Waals surface area contributed by atoms with E-state index in [0.29, 0.717) is 23.9 Å². The van der Waals surface area contributed by atoms with Gasteiger partial charge in [0, 0.05) is 23.9 Å². The first kappa shape index (κ1) is 18.7. The van der Waals surface area contributed by atoms with Gasteiger partial charge in [0.05, 0.1) is 5.56 Å². The highest BCUT2D eigenvalue weighted by Crippen LogP contribution is 2.39. The minimum absolute atomic E-state index is 0.00358. The molecule has 1 aromatic heterocycles. The average Bonchev–Trinajstić information content (AvgIpc) is 3.34. The van der Waals surface area contributed by atoms with Crippen molar-refractivity contribution >= 4 is 40.1 Å². The number of anilines is 1. The Bertz CT molecular complexity index is 641. The fourth-order valence-electron chi connectivity index (χ4n) is 3.24. The maximum absolute atomic E-state index is 12.9. The maximum Gasteiger partial charge on any atom is 0.254 e. The van der Waals surface area contributed by atoms with E-state index >= 15 is 0 Å². The number of rotatable bonds is 8. The Hall–Kier alpha value is -1.05. The lowest BCUT2D eigenvalue weighted by Gasteiger charge is -2.23. The van der Waals surface area contributed by atoms with Gasteiger partial charge in [-0.25, -0.2) is 0 Å². The van der Waals surface area contributed by atoms with E-state index in [0.717, 1.165) is 42.8 Å². The predicted octanol–water partition coefficient (Wildman–Crippen LogP) is 3.35. The van der Waals surface area contributed by atoms with Gasteiger partial charge in [-0.15, -0.1) is 11.3 Å². The molecule has 138 valence electrons. The van der Waals surface area contributed by atoms with Gasteiger partial charge >= 0.3 is 0 Å². The second-order valence-electron chi connectivity index (χ2n) is 6.92. The Morgan fingerprint density at radius 3 is 2.76 bits per heavy atom. The van der Waals surface area contributed by atoms with Crippen molar-refractivity contribution in [2.45, 2.75) is 57.9 Å². The predicted molar refractivity (Wildman–Crippen MR) is 105 cm³/mol. The summed E-state index contributed by atoms with van der Waals surface area (Å²) in [5.41, 5.74) is 1.83. The van der Waals surface area contributed by atoms with Crippen molar-refractivity contribution in [1.82, 2.24) is 10.0 Å². The van der Waals surface area contributed by atoms with Gasteiger partial charge in [-0.1, -0.05) is 18.9 Å². The van der Waals surface area contributed by atoms with Gasteiger partial charge in [0.1, 0.15) is 5.00 Å². The molecule has 2 aliphatic rings. The molecule has 0 aliphatic heterocycles. The highest BCUT2D eigenvalue weighted by atomic mass is 32.2. The van der Waals surface area contributed by atoms with Crippen molar-refractivity contribution in [3.05, 3.63) is 16.0 Å². The Kier molecular flexibility index (Phi) is 6.41. The molecule has 0 aromatic carbocycles. The molecule has 1 heterocycles. The Labute approximate surface area is 157 Å². The first-order chi connectivity index (χ1) is 12.1. The number of fused-ring (bicyclic) bond motifs is 1. The zero-order valence-electron chi connectivity index (χ0n) is 14.9. The molecule has 5 nitrogen and oxygen atoms in total. The third-order valence-corrected chi connectivity index (χ3v) is 6.53. The molecule has 1 fully saturated rings. The van der Waals surface area contributed by atoms with E-state index in [2.05, 4.69) is 15.4 Å². The summed E-state index contributed by atoms with van der Waals surface area (Å²) < 4.78 is 3.42. The summed E-state index contributed by atoms with van der Waals surface area (Å²) in [6, 6.07) is 0.381. The van der Waals surface area contributed by atoms with Gasteiger partial charge in [-0.2, -0.15) is 0 Å². The third-order valence-electron chi connectivity index (χ3n) is 4.75. The van der Waals surface area contributed by atoms with Crippen LogP contribution in [0.2, 0.25) is 0 Å². The number of thiophene rings is 1. The van der Waals surface area contributed by atoms with Crippen LogP contribution in [-0.2, 0) is 17.6 Å². The topological polar surface area (TPSA) is 70.2 Å². The number of nitrogens with one attached hydrogen (secondary N) is 3. The maximum atomic E-state index is 12.9. The summed E-state index contributed by atoms with van der Waals surface area (Å²) in [6.07, 6.45) is 8.63. The zero-order valence-corrected chi connectivity index (χ0v) is 16.6. The Morgan fingerprint density at radius 1 is 1.28 bits per heavy atom. The van der Waals surface area contributed by atoms with Gasteiger partial charge in [-0.3, -0.25) is 14.3 Å². The van der Waals surface area contributed by atoms with Gasteiger partial charge in [-0.05, 0) is 56.3 Å². The molecule has 1 aromatic rings. The van der Waals surface area contributed by atoms with E-state index in [1.54, 1.807) is 23.3 Å². The molecule has 25 heavy (non-hydrogen) atoms. The van der Waals surface area contributed by atoms with Crippen LogP contribution in [0.5, 0.6) is 0 Å². The Balaban J connectivity index is 1.83. The van der Waals surface area contributed by atoms with Crippen LogP contribution < -0.4 is 15.4 Å². The molecule has 0 bridgehead atoms. The summed E-state index contributed by atoms with van der Waals surface area (Å²) >= 11 is 3.21. The lowest BCUT2D eigenvalue weighted by molar-refractivity contribution is -0.116. The van der Waals surface area contributed by atoms with E-state index in [1.165, 1.54) is 17.7 Å². The van der Waals surface area contributed by atoms with Crippen LogP contribution in [-0.4, -0.2) is 30.7 Å². The number of amides is 2. The summed E-state index contributed by atoms with van der Waals surface area (Å²) in [4.78, 5) is 26.2. The second-order valence-corrected chi connectivity index (χ2v) is 8.67. The van der Waals surface area contributed by atoms with Crippen molar-refractivity contribution in [2.24, 2.45) is 5.92 Å². The standard InChI is InChI=1S/C18H27N3O2S2/c1-3-4-15(22)20-18-16(17(23)19-10-11-5-6-11)13-9-12(21-24-2)7-8-14(13)25-18/h11-12,21H,3-10H2,1-2H3,(H,19,23)(H,20,22). The first-order valence-corrected chi connectivity index (χ1v) is 11.2. The molecular formula is C18H27N3O2S2. The lowest BCUT2D eigenvalue weighted by Crippen LogP contribution is -2.32. The summed E-state index contributed by atoms with van der Waals surface area (Å²) in [5.74, 6) is 0.611. The smallest absolute Gasteiger partial charge is 0.254 e. The number of carbonyl (C=O) groups excluding carboxylic acids is 2. The van der Waals surface area contributed by atoms with Gasteiger partial charge < -0.3 is 10.6 Å². The average molecular weight is 382 g/mol. The van der Waals surface area contributed by atoms with Crippen LogP contribution in [0.1, 0.15) is 59.8 Å². The highest BCUT2D eigenvalue weighted by molar-refractivity contribution is 7.96. The number of hydrogen-bond donors (Lipinski definition) is 3. The van der Waals surface area contributed by atoms with E-state index in [-0.39, 0.29) is 11.8 Å². The number of hydrogen-bond acceptors (Lipinski definition) is 5. The normalized spacial score (nSPS) is 19.4. The number of aryl methyl sites for hydroxylation is 1. The van der Waals surface area contributed by atoms with Crippen molar-refractivity contribution < 1.29 is 9.59 Å². The molecule has 0 saturated heterocycles. The molecule has 0 radical (unpaired) electrons. The molecule has 2 amide bonds. The third kappa shape index (κ3) is 4.77. The van der Waals surface area contributed by atoms with Crippen LogP contribution in [0, 0.1) is 5.92 Å². The second kappa shape index (κ2) is 8.56. The zero-order chi connectivity index (χ0) is 17.8. The molecule has 1 saturated carbocycles. The van der Waals surface area contributed by atoms with E-state index < -0.39 is 0 Å². The van der Waals surface area contributed by atoms with Crippen molar-refractivity contribution in [3.8, 4) is 0 Å². The molecule has 0 spiro atoms. The first-order valence-electron chi connectivity index (χ1n) is 9.13.